The number of ether oxygens (including phenoxy) is 1. The quantitative estimate of drug-likeness (QED) is 0.219. The molecule has 4 rings (SSSR count). The molecular weight excluding hydrogens is 629 g/mol. The SMILES string of the molecule is CC.CC.CC(C)(C)C.CC(C)C.CSC(C)(C)C.CSC(C)(C)OC1CCC2C3CCC4(CCO)CC(O)CCC4(C)C3=CCC12C. The maximum Gasteiger partial charge on any atom is 0.108 e. The summed E-state index contributed by atoms with van der Waals surface area (Å²) in [6, 6.07) is 0. The smallest absolute Gasteiger partial charge is 0.108 e. The van der Waals surface area contributed by atoms with E-state index in [0.29, 0.717) is 28.1 Å². The molecule has 7 atom stereocenters. The molecule has 0 spiro atoms. The molecule has 0 heterocycles. The van der Waals surface area contributed by atoms with Gasteiger partial charge in [0.05, 0.1) is 12.2 Å². The first kappa shape index (κ1) is 50.4. The second kappa shape index (κ2) is 21.8. The molecule has 7 unspecified atom stereocenters. The van der Waals surface area contributed by atoms with Crippen molar-refractivity contribution >= 4 is 23.5 Å². The molecule has 0 saturated heterocycles. The van der Waals surface area contributed by atoms with E-state index >= 15 is 0 Å². The van der Waals surface area contributed by atoms with Gasteiger partial charge in [0.1, 0.15) is 4.93 Å². The van der Waals surface area contributed by atoms with Crippen molar-refractivity contribution in [3.63, 3.8) is 0 Å². The van der Waals surface area contributed by atoms with Gasteiger partial charge in [-0.25, -0.2) is 0 Å². The highest BCUT2D eigenvalue weighted by Gasteiger charge is 2.62. The predicted octanol–water partition coefficient (Wildman–Crippen LogP) is 13.5. The molecule has 4 aliphatic carbocycles. The Balaban J connectivity index is 0. The van der Waals surface area contributed by atoms with Crippen molar-refractivity contribution in [3.05, 3.63) is 11.6 Å². The lowest BCUT2D eigenvalue weighted by molar-refractivity contribution is -0.109. The standard InChI is InChI=1S/C25H42O3S.C5H12S.C5H12.C4H10.2C2H6/c1-22(2,29-5)28-21-7-6-19-18-9-13-25(14-15-26)16-17(27)8-12-24(25,4)20(18)10-11-23(19,21)3;1-5(2,3)6-4;1-5(2,3)4;1-4(2)3;2*1-2/h10,17-19,21,26-27H,6-9,11-16H2,1-5H3;1-4H3;1-4H3;4H,1-3H3;2*1-2H3. The Kier molecular flexibility index (Phi) is 22.9. The Labute approximate surface area is 311 Å². The first-order valence-corrected chi connectivity index (χ1v) is 22.1. The van der Waals surface area contributed by atoms with Crippen molar-refractivity contribution in [2.75, 3.05) is 19.1 Å². The zero-order valence-electron chi connectivity index (χ0n) is 36.2. The molecule has 0 aliphatic heterocycles. The van der Waals surface area contributed by atoms with Crippen LogP contribution in [0.15, 0.2) is 11.6 Å². The van der Waals surface area contributed by atoms with Crippen LogP contribution in [0.3, 0.4) is 0 Å². The first-order valence-electron chi connectivity index (χ1n) is 19.7. The molecule has 0 aromatic rings. The lowest BCUT2D eigenvalue weighted by atomic mass is 9.42. The van der Waals surface area contributed by atoms with Gasteiger partial charge in [-0.3, -0.25) is 0 Å². The topological polar surface area (TPSA) is 49.7 Å². The van der Waals surface area contributed by atoms with Crippen molar-refractivity contribution in [3.8, 4) is 0 Å². The molecule has 5 heteroatoms. The normalized spacial score (nSPS) is 32.3. The van der Waals surface area contributed by atoms with Gasteiger partial charge in [-0.1, -0.05) is 122 Å². The van der Waals surface area contributed by atoms with Crippen molar-refractivity contribution in [2.45, 2.75) is 204 Å². The number of aliphatic hydroxyl groups excluding tert-OH is 2. The highest BCUT2D eigenvalue weighted by molar-refractivity contribution is 8.00. The minimum atomic E-state index is -0.196. The molecule has 2 N–H and O–H groups in total. The Morgan fingerprint density at radius 1 is 0.833 bits per heavy atom. The number of aliphatic hydroxyl groups is 2. The van der Waals surface area contributed by atoms with Gasteiger partial charge >= 0.3 is 0 Å². The second-order valence-electron chi connectivity index (χ2n) is 18.4. The van der Waals surface area contributed by atoms with E-state index in [-0.39, 0.29) is 33.9 Å². The summed E-state index contributed by atoms with van der Waals surface area (Å²) in [7, 11) is 0. The van der Waals surface area contributed by atoms with E-state index in [1.165, 1.54) is 19.3 Å². The predicted molar refractivity (Wildman–Crippen MR) is 222 cm³/mol. The summed E-state index contributed by atoms with van der Waals surface area (Å²) in [5.74, 6) is 2.20. The molecule has 290 valence electrons. The summed E-state index contributed by atoms with van der Waals surface area (Å²) in [4.78, 5) is -0.124. The van der Waals surface area contributed by atoms with Crippen LogP contribution in [-0.4, -0.2) is 51.2 Å². The van der Waals surface area contributed by atoms with Crippen molar-refractivity contribution < 1.29 is 14.9 Å². The van der Waals surface area contributed by atoms with Crippen LogP contribution in [0.1, 0.15) is 182 Å². The van der Waals surface area contributed by atoms with E-state index in [1.807, 2.05) is 51.2 Å². The molecule has 3 fully saturated rings. The van der Waals surface area contributed by atoms with Gasteiger partial charge in [0.15, 0.2) is 0 Å². The zero-order chi connectivity index (χ0) is 38.4. The number of hydrogen-bond acceptors (Lipinski definition) is 5. The molecule has 48 heavy (non-hydrogen) atoms. The first-order chi connectivity index (χ1) is 21.9. The van der Waals surface area contributed by atoms with Gasteiger partial charge in [0, 0.05) is 16.8 Å². The number of fused-ring (bicyclic) bond motifs is 5. The summed E-state index contributed by atoms with van der Waals surface area (Å²) in [5, 5.41) is 20.4. The summed E-state index contributed by atoms with van der Waals surface area (Å²) in [6.07, 6.45) is 16.6. The fraction of sp³-hybridized carbons (Fsp3) is 0.953. The van der Waals surface area contributed by atoms with Crippen LogP contribution in [0.5, 0.6) is 0 Å². The molecular formula is C43H88O3S2. The van der Waals surface area contributed by atoms with E-state index in [9.17, 15) is 10.2 Å². The molecule has 0 aromatic carbocycles. The third-order valence-electron chi connectivity index (χ3n) is 10.4. The minimum absolute atomic E-state index is 0.0742. The Hall–Kier alpha value is 0.320. The monoisotopic (exact) mass is 717 g/mol. The minimum Gasteiger partial charge on any atom is -0.396 e. The Morgan fingerprint density at radius 2 is 1.31 bits per heavy atom. The average molecular weight is 717 g/mol. The van der Waals surface area contributed by atoms with Gasteiger partial charge < -0.3 is 14.9 Å². The molecule has 0 bridgehead atoms. The van der Waals surface area contributed by atoms with Crippen LogP contribution >= 0.6 is 23.5 Å². The average Bonchev–Trinajstić information content (AvgIpc) is 3.30. The summed E-state index contributed by atoms with van der Waals surface area (Å²) >= 11 is 3.69. The van der Waals surface area contributed by atoms with Crippen LogP contribution in [-0.2, 0) is 4.74 Å². The molecule has 0 radical (unpaired) electrons. The van der Waals surface area contributed by atoms with Crippen molar-refractivity contribution in [1.29, 1.82) is 0 Å². The van der Waals surface area contributed by atoms with E-state index < -0.39 is 0 Å². The lowest BCUT2D eigenvalue weighted by Gasteiger charge is -2.62. The van der Waals surface area contributed by atoms with Crippen LogP contribution in [0.25, 0.3) is 0 Å². The summed E-state index contributed by atoms with van der Waals surface area (Å²) in [5.41, 5.74) is 2.63. The van der Waals surface area contributed by atoms with E-state index in [1.54, 1.807) is 5.57 Å². The highest BCUT2D eigenvalue weighted by Crippen LogP contribution is 2.69. The number of allylic oxidation sites excluding steroid dienone is 2. The molecule has 3 nitrogen and oxygen atoms in total. The van der Waals surface area contributed by atoms with Crippen LogP contribution in [0.2, 0.25) is 0 Å². The van der Waals surface area contributed by atoms with Gasteiger partial charge in [-0.05, 0) is 118 Å². The second-order valence-corrected chi connectivity index (χ2v) is 21.5. The van der Waals surface area contributed by atoms with Gasteiger partial charge in [0.2, 0.25) is 0 Å². The van der Waals surface area contributed by atoms with Crippen LogP contribution in [0.4, 0.5) is 0 Å². The fourth-order valence-corrected chi connectivity index (χ4v) is 8.13. The summed E-state index contributed by atoms with van der Waals surface area (Å²) in [6.45, 7) is 39.5. The van der Waals surface area contributed by atoms with E-state index in [0.717, 1.165) is 44.4 Å². The van der Waals surface area contributed by atoms with Gasteiger partial charge in [-0.15, -0.1) is 11.8 Å². The number of hydrogen-bond donors (Lipinski definition) is 2. The molecule has 0 amide bonds. The Morgan fingerprint density at radius 3 is 1.73 bits per heavy atom. The largest absolute Gasteiger partial charge is 0.396 e. The van der Waals surface area contributed by atoms with Crippen molar-refractivity contribution in [2.24, 2.45) is 39.4 Å². The lowest BCUT2D eigenvalue weighted by Crippen LogP contribution is -2.55. The van der Waals surface area contributed by atoms with Gasteiger partial charge in [-0.2, -0.15) is 11.8 Å². The third-order valence-corrected chi connectivity index (χ3v) is 12.7. The number of rotatable bonds is 5. The Bertz CT molecular complexity index is 877. The number of thioether (sulfide) groups is 2. The van der Waals surface area contributed by atoms with E-state index in [4.69, 9.17) is 4.74 Å². The molecule has 3 saturated carbocycles. The fourth-order valence-electron chi connectivity index (χ4n) is 7.92. The molecule has 4 aliphatic rings. The highest BCUT2D eigenvalue weighted by atomic mass is 32.2. The maximum absolute atomic E-state index is 10.5. The zero-order valence-corrected chi connectivity index (χ0v) is 37.8. The summed E-state index contributed by atoms with van der Waals surface area (Å²) < 4.78 is 7.13. The third kappa shape index (κ3) is 15.5. The van der Waals surface area contributed by atoms with E-state index in [2.05, 4.69) is 116 Å². The van der Waals surface area contributed by atoms with Crippen LogP contribution in [0, 0.1) is 39.4 Å². The van der Waals surface area contributed by atoms with Gasteiger partial charge in [0.25, 0.3) is 0 Å². The maximum atomic E-state index is 10.5. The molecule has 0 aromatic heterocycles. The van der Waals surface area contributed by atoms with Crippen molar-refractivity contribution in [1.82, 2.24) is 0 Å². The van der Waals surface area contributed by atoms with Crippen LogP contribution < -0.4 is 0 Å².